The Morgan fingerprint density at radius 1 is 1.10 bits per heavy atom. The molecule has 0 aromatic carbocycles. The van der Waals surface area contributed by atoms with E-state index in [1.54, 1.807) is 0 Å². The van der Waals surface area contributed by atoms with Crippen molar-refractivity contribution in [3.8, 4) is 0 Å². The number of likely N-dealkylation sites (tertiary alicyclic amines) is 1. The van der Waals surface area contributed by atoms with Gasteiger partial charge in [-0.1, -0.05) is 19.3 Å². The van der Waals surface area contributed by atoms with Gasteiger partial charge in [-0.3, -0.25) is 9.69 Å². The summed E-state index contributed by atoms with van der Waals surface area (Å²) in [5.74, 6) is -0.155. The Morgan fingerprint density at radius 3 is 2.40 bits per heavy atom. The maximum atomic E-state index is 12.1. The maximum Gasteiger partial charge on any atom is 0.234 e. The summed E-state index contributed by atoms with van der Waals surface area (Å²) in [5.41, 5.74) is 0. The van der Waals surface area contributed by atoms with Crippen molar-refractivity contribution in [3.05, 3.63) is 0 Å². The number of nitrogens with zero attached hydrogens (tertiary/aromatic N) is 1. The smallest absolute Gasteiger partial charge is 0.234 e. The molecule has 2 heterocycles. The molecule has 2 saturated heterocycles. The van der Waals surface area contributed by atoms with Crippen LogP contribution in [0.5, 0.6) is 0 Å². The van der Waals surface area contributed by atoms with Crippen LogP contribution in [0.15, 0.2) is 0 Å². The van der Waals surface area contributed by atoms with Crippen LogP contribution in [0.2, 0.25) is 0 Å². The topological polar surface area (TPSA) is 50.8 Å². The Balaban J connectivity index is 1.39. The minimum Gasteiger partial charge on any atom is -0.352 e. The predicted octanol–water partition coefficient (Wildman–Crippen LogP) is 1.27. The number of nitrogens with one attached hydrogen (secondary N) is 1. The van der Waals surface area contributed by atoms with Gasteiger partial charge in [-0.05, 0) is 12.8 Å². The number of rotatable bonds is 3. The van der Waals surface area contributed by atoms with Crippen molar-refractivity contribution in [3.63, 3.8) is 0 Å². The molecule has 1 N–H and O–H groups in total. The van der Waals surface area contributed by atoms with Gasteiger partial charge in [0.05, 0.1) is 19.8 Å². The van der Waals surface area contributed by atoms with Crippen molar-refractivity contribution >= 4 is 5.91 Å². The van der Waals surface area contributed by atoms with Crippen molar-refractivity contribution < 1.29 is 14.3 Å². The molecular weight excluding hydrogens is 256 g/mol. The third-order valence-corrected chi connectivity index (χ3v) is 4.77. The van der Waals surface area contributed by atoms with E-state index < -0.39 is 0 Å². The third kappa shape index (κ3) is 3.51. The average Bonchev–Trinajstić information content (AvgIpc) is 2.91. The summed E-state index contributed by atoms with van der Waals surface area (Å²) in [7, 11) is 0. The minimum atomic E-state index is -0.337. The van der Waals surface area contributed by atoms with E-state index >= 15 is 0 Å². The van der Waals surface area contributed by atoms with Crippen LogP contribution in [-0.2, 0) is 14.3 Å². The summed E-state index contributed by atoms with van der Waals surface area (Å²) in [6, 6.07) is 0.411. The van der Waals surface area contributed by atoms with Gasteiger partial charge in [0, 0.05) is 32.0 Å². The molecule has 3 rings (SSSR count). The largest absolute Gasteiger partial charge is 0.352 e. The first kappa shape index (κ1) is 14.3. The molecule has 114 valence electrons. The van der Waals surface area contributed by atoms with E-state index in [2.05, 4.69) is 10.2 Å². The number of carbonyl (C=O) groups excluding carboxylic acids is 1. The molecule has 0 atom stereocenters. The van der Waals surface area contributed by atoms with Gasteiger partial charge >= 0.3 is 0 Å². The van der Waals surface area contributed by atoms with Crippen molar-refractivity contribution in [2.45, 2.75) is 56.8 Å². The number of ether oxygens (including phenoxy) is 2. The van der Waals surface area contributed by atoms with E-state index in [0.29, 0.717) is 25.8 Å². The molecule has 5 nitrogen and oxygen atoms in total. The van der Waals surface area contributed by atoms with Crippen molar-refractivity contribution in [1.29, 1.82) is 0 Å². The molecule has 0 unspecified atom stereocenters. The summed E-state index contributed by atoms with van der Waals surface area (Å²) in [6.45, 7) is 3.72. The molecule has 0 radical (unpaired) electrons. The van der Waals surface area contributed by atoms with E-state index in [1.165, 1.54) is 19.3 Å². The SMILES string of the molecule is O=C(CN1CCC2(CC1)OCCO2)NC1CCCCC1. The van der Waals surface area contributed by atoms with Gasteiger partial charge in [0.15, 0.2) is 5.79 Å². The molecule has 2 aliphatic heterocycles. The lowest BCUT2D eigenvalue weighted by atomic mass is 9.95. The zero-order valence-corrected chi connectivity index (χ0v) is 12.2. The molecule has 0 bridgehead atoms. The highest BCUT2D eigenvalue weighted by Crippen LogP contribution is 2.31. The van der Waals surface area contributed by atoms with E-state index in [0.717, 1.165) is 38.8 Å². The highest BCUT2D eigenvalue weighted by atomic mass is 16.7. The average molecular weight is 282 g/mol. The highest BCUT2D eigenvalue weighted by molar-refractivity contribution is 5.78. The molecule has 1 amide bonds. The second kappa shape index (κ2) is 6.41. The van der Waals surface area contributed by atoms with Crippen LogP contribution in [0, 0.1) is 0 Å². The Hall–Kier alpha value is -0.650. The molecule has 1 aliphatic carbocycles. The molecule has 3 fully saturated rings. The van der Waals surface area contributed by atoms with Crippen LogP contribution in [0.1, 0.15) is 44.9 Å². The maximum absolute atomic E-state index is 12.1. The molecule has 0 aromatic heterocycles. The first-order valence-electron chi connectivity index (χ1n) is 8.05. The second-order valence-corrected chi connectivity index (χ2v) is 6.29. The fourth-order valence-electron chi connectivity index (χ4n) is 3.56. The summed E-state index contributed by atoms with van der Waals surface area (Å²) < 4.78 is 11.4. The van der Waals surface area contributed by atoms with Gasteiger partial charge in [-0.2, -0.15) is 0 Å². The molecular formula is C15H26N2O3. The lowest BCUT2D eigenvalue weighted by Gasteiger charge is -2.37. The fraction of sp³-hybridized carbons (Fsp3) is 0.933. The summed E-state index contributed by atoms with van der Waals surface area (Å²) in [4.78, 5) is 14.3. The molecule has 20 heavy (non-hydrogen) atoms. The molecule has 3 aliphatic rings. The Bertz CT molecular complexity index is 326. The van der Waals surface area contributed by atoms with Crippen LogP contribution in [-0.4, -0.2) is 55.5 Å². The van der Waals surface area contributed by atoms with Gasteiger partial charge in [0.2, 0.25) is 5.91 Å². The number of piperidine rings is 1. The van der Waals surface area contributed by atoms with Crippen molar-refractivity contribution in [2.75, 3.05) is 32.8 Å². The summed E-state index contributed by atoms with van der Waals surface area (Å²) in [5, 5.41) is 3.18. The highest BCUT2D eigenvalue weighted by Gasteiger charge is 2.39. The summed E-state index contributed by atoms with van der Waals surface area (Å²) in [6.07, 6.45) is 7.89. The quantitative estimate of drug-likeness (QED) is 0.847. The first-order chi connectivity index (χ1) is 9.76. The minimum absolute atomic E-state index is 0.182. The van der Waals surface area contributed by atoms with Crippen LogP contribution in [0.4, 0.5) is 0 Å². The molecule has 0 aromatic rings. The third-order valence-electron chi connectivity index (χ3n) is 4.77. The summed E-state index contributed by atoms with van der Waals surface area (Å²) >= 11 is 0. The van der Waals surface area contributed by atoms with E-state index in [-0.39, 0.29) is 11.7 Å². The molecule has 5 heteroatoms. The van der Waals surface area contributed by atoms with Gasteiger partial charge in [-0.15, -0.1) is 0 Å². The van der Waals surface area contributed by atoms with Gasteiger partial charge < -0.3 is 14.8 Å². The Morgan fingerprint density at radius 2 is 1.75 bits per heavy atom. The van der Waals surface area contributed by atoms with Gasteiger partial charge in [0.25, 0.3) is 0 Å². The van der Waals surface area contributed by atoms with Crippen molar-refractivity contribution in [1.82, 2.24) is 10.2 Å². The lowest BCUT2D eigenvalue weighted by molar-refractivity contribution is -0.185. The number of amides is 1. The van der Waals surface area contributed by atoms with Gasteiger partial charge in [0.1, 0.15) is 0 Å². The normalized spacial score (nSPS) is 27.8. The number of carbonyl (C=O) groups is 1. The van der Waals surface area contributed by atoms with E-state index in [4.69, 9.17) is 9.47 Å². The molecule has 1 saturated carbocycles. The van der Waals surface area contributed by atoms with E-state index in [9.17, 15) is 4.79 Å². The predicted molar refractivity (Wildman–Crippen MR) is 75.3 cm³/mol. The van der Waals surface area contributed by atoms with Crippen LogP contribution in [0.3, 0.4) is 0 Å². The fourth-order valence-corrected chi connectivity index (χ4v) is 3.56. The van der Waals surface area contributed by atoms with Crippen LogP contribution < -0.4 is 5.32 Å². The standard InChI is InChI=1S/C15H26N2O3/c18-14(16-13-4-2-1-3-5-13)12-17-8-6-15(7-9-17)19-10-11-20-15/h13H,1-12H2,(H,16,18). The van der Waals surface area contributed by atoms with Gasteiger partial charge in [-0.25, -0.2) is 0 Å². The lowest BCUT2D eigenvalue weighted by Crippen LogP contribution is -2.49. The van der Waals surface area contributed by atoms with Crippen LogP contribution in [0.25, 0.3) is 0 Å². The number of hydrogen-bond acceptors (Lipinski definition) is 4. The van der Waals surface area contributed by atoms with Crippen molar-refractivity contribution in [2.24, 2.45) is 0 Å². The monoisotopic (exact) mass is 282 g/mol. The zero-order valence-electron chi connectivity index (χ0n) is 12.2. The zero-order chi connectivity index (χ0) is 13.8. The van der Waals surface area contributed by atoms with E-state index in [1.807, 2.05) is 0 Å². The number of hydrogen-bond donors (Lipinski definition) is 1. The first-order valence-corrected chi connectivity index (χ1v) is 8.05. The Labute approximate surface area is 121 Å². The Kier molecular flexibility index (Phi) is 4.58. The van der Waals surface area contributed by atoms with Crippen LogP contribution >= 0.6 is 0 Å². The molecule has 1 spiro atoms. The second-order valence-electron chi connectivity index (χ2n) is 6.29.